The van der Waals surface area contributed by atoms with Crippen molar-refractivity contribution in [2.75, 3.05) is 18.1 Å². The maximum Gasteiger partial charge on any atom is 0.416 e. The van der Waals surface area contributed by atoms with Gasteiger partial charge in [-0.1, -0.05) is 5.16 Å². The number of fused-ring (bicyclic) bond motifs is 1. The van der Waals surface area contributed by atoms with Crippen LogP contribution in [0.2, 0.25) is 0 Å². The van der Waals surface area contributed by atoms with Gasteiger partial charge in [-0.25, -0.2) is 4.79 Å². The first-order chi connectivity index (χ1) is 8.69. The number of aromatic hydroxyl groups is 1. The van der Waals surface area contributed by atoms with E-state index in [1.807, 2.05) is 0 Å². The SMILES string of the molecule is O=C1OC(CO)CN1c1noc2cc(O)ccc12. The molecule has 2 aromatic rings. The number of anilines is 1. The van der Waals surface area contributed by atoms with Crippen molar-refractivity contribution in [3.8, 4) is 5.75 Å². The summed E-state index contributed by atoms with van der Waals surface area (Å²) in [7, 11) is 0. The Morgan fingerprint density at radius 3 is 3.06 bits per heavy atom. The number of cyclic esters (lactones) is 1. The minimum Gasteiger partial charge on any atom is -0.508 e. The summed E-state index contributed by atoms with van der Waals surface area (Å²) >= 11 is 0. The van der Waals surface area contributed by atoms with Gasteiger partial charge in [-0.3, -0.25) is 4.90 Å². The molecular weight excluding hydrogens is 240 g/mol. The highest BCUT2D eigenvalue weighted by atomic mass is 16.6. The van der Waals surface area contributed by atoms with Crippen LogP contribution in [-0.4, -0.2) is 40.7 Å². The molecule has 1 fully saturated rings. The number of aliphatic hydroxyl groups is 1. The van der Waals surface area contributed by atoms with Crippen molar-refractivity contribution in [3.05, 3.63) is 18.2 Å². The average molecular weight is 250 g/mol. The van der Waals surface area contributed by atoms with E-state index in [2.05, 4.69) is 5.16 Å². The normalized spacial score (nSPS) is 19.5. The van der Waals surface area contributed by atoms with Gasteiger partial charge >= 0.3 is 6.09 Å². The Labute approximate surface area is 101 Å². The maximum atomic E-state index is 11.6. The summed E-state index contributed by atoms with van der Waals surface area (Å²) in [5.74, 6) is 0.383. The minimum absolute atomic E-state index is 0.0578. The molecule has 0 saturated carbocycles. The van der Waals surface area contributed by atoms with Crippen LogP contribution in [-0.2, 0) is 4.74 Å². The molecule has 1 aliphatic heterocycles. The van der Waals surface area contributed by atoms with Gasteiger partial charge in [-0.05, 0) is 12.1 Å². The van der Waals surface area contributed by atoms with Gasteiger partial charge in [0, 0.05) is 6.07 Å². The maximum absolute atomic E-state index is 11.6. The highest BCUT2D eigenvalue weighted by Crippen LogP contribution is 2.31. The van der Waals surface area contributed by atoms with Crippen molar-refractivity contribution in [2.45, 2.75) is 6.10 Å². The summed E-state index contributed by atoms with van der Waals surface area (Å²) < 4.78 is 9.96. The van der Waals surface area contributed by atoms with E-state index in [9.17, 15) is 9.90 Å². The number of ether oxygens (including phenoxy) is 1. The Bertz CT molecular complexity index is 608. The molecule has 94 valence electrons. The Morgan fingerprint density at radius 1 is 1.50 bits per heavy atom. The molecule has 1 aromatic heterocycles. The number of phenolic OH excluding ortho intramolecular Hbond substituents is 1. The number of hydrogen-bond donors (Lipinski definition) is 2. The van der Waals surface area contributed by atoms with E-state index >= 15 is 0 Å². The molecule has 7 heteroatoms. The van der Waals surface area contributed by atoms with Crippen LogP contribution in [0.4, 0.5) is 10.6 Å². The highest BCUT2D eigenvalue weighted by molar-refractivity contribution is 5.99. The van der Waals surface area contributed by atoms with Gasteiger partial charge in [0.2, 0.25) is 0 Å². The zero-order valence-electron chi connectivity index (χ0n) is 9.24. The van der Waals surface area contributed by atoms with Crippen molar-refractivity contribution < 1.29 is 24.3 Å². The molecule has 1 amide bonds. The van der Waals surface area contributed by atoms with Crippen molar-refractivity contribution in [3.63, 3.8) is 0 Å². The van der Waals surface area contributed by atoms with Gasteiger partial charge in [0.1, 0.15) is 11.9 Å². The summed E-state index contributed by atoms with van der Waals surface area (Å²) in [5, 5.41) is 22.7. The number of carbonyl (C=O) groups is 1. The second-order valence-electron chi connectivity index (χ2n) is 3.99. The third kappa shape index (κ3) is 1.56. The van der Waals surface area contributed by atoms with Crippen molar-refractivity contribution in [1.29, 1.82) is 0 Å². The molecule has 1 saturated heterocycles. The minimum atomic E-state index is -0.572. The molecule has 2 heterocycles. The van der Waals surface area contributed by atoms with E-state index in [1.165, 1.54) is 17.0 Å². The van der Waals surface area contributed by atoms with Gasteiger partial charge in [0.15, 0.2) is 11.4 Å². The van der Waals surface area contributed by atoms with Crippen LogP contribution >= 0.6 is 0 Å². The molecule has 0 bridgehead atoms. The molecule has 2 N–H and O–H groups in total. The van der Waals surface area contributed by atoms with Gasteiger partial charge in [-0.2, -0.15) is 0 Å². The Kier molecular flexibility index (Phi) is 2.34. The number of rotatable bonds is 2. The second kappa shape index (κ2) is 3.88. The molecule has 0 spiro atoms. The molecule has 7 nitrogen and oxygen atoms in total. The van der Waals surface area contributed by atoms with Gasteiger partial charge in [-0.15, -0.1) is 0 Å². The molecular formula is C11H10N2O5. The lowest BCUT2D eigenvalue weighted by atomic mass is 10.2. The lowest BCUT2D eigenvalue weighted by Gasteiger charge is -2.07. The molecule has 1 atom stereocenters. The topological polar surface area (TPSA) is 96.0 Å². The fourth-order valence-electron chi connectivity index (χ4n) is 1.90. The number of benzene rings is 1. The first kappa shape index (κ1) is 10.8. The van der Waals surface area contributed by atoms with Crippen LogP contribution in [0.3, 0.4) is 0 Å². The molecule has 0 radical (unpaired) electrons. The third-order valence-corrected chi connectivity index (χ3v) is 2.77. The lowest BCUT2D eigenvalue weighted by molar-refractivity contribution is 0.0963. The Morgan fingerprint density at radius 2 is 2.33 bits per heavy atom. The number of carbonyl (C=O) groups excluding carboxylic acids is 1. The number of hydrogen-bond acceptors (Lipinski definition) is 6. The van der Waals surface area contributed by atoms with E-state index in [0.717, 1.165) is 0 Å². The standard InChI is InChI=1S/C11H10N2O5/c14-5-7-4-13(11(16)17-7)10-8-2-1-6(15)3-9(8)18-12-10/h1-3,7,14-15H,4-5H2. The number of aliphatic hydroxyl groups excluding tert-OH is 1. The summed E-state index contributed by atoms with van der Waals surface area (Å²) in [5.41, 5.74) is 0.380. The highest BCUT2D eigenvalue weighted by Gasteiger charge is 2.34. The van der Waals surface area contributed by atoms with Crippen LogP contribution in [0.1, 0.15) is 0 Å². The Hall–Kier alpha value is -2.28. The van der Waals surface area contributed by atoms with Crippen LogP contribution in [0.25, 0.3) is 11.0 Å². The summed E-state index contributed by atoms with van der Waals surface area (Å²) in [4.78, 5) is 12.9. The summed E-state index contributed by atoms with van der Waals surface area (Å²) in [6.07, 6.45) is -1.13. The largest absolute Gasteiger partial charge is 0.508 e. The fraction of sp³-hybridized carbons (Fsp3) is 0.273. The van der Waals surface area contributed by atoms with Gasteiger partial charge < -0.3 is 19.5 Å². The smallest absolute Gasteiger partial charge is 0.416 e. The van der Waals surface area contributed by atoms with E-state index in [-0.39, 0.29) is 18.9 Å². The van der Waals surface area contributed by atoms with Crippen LogP contribution in [0.15, 0.2) is 22.7 Å². The lowest BCUT2D eigenvalue weighted by Crippen LogP contribution is -2.25. The van der Waals surface area contributed by atoms with E-state index in [1.54, 1.807) is 6.07 Å². The zero-order valence-corrected chi connectivity index (χ0v) is 9.24. The second-order valence-corrected chi connectivity index (χ2v) is 3.99. The van der Waals surface area contributed by atoms with Gasteiger partial charge in [0.25, 0.3) is 0 Å². The van der Waals surface area contributed by atoms with Crippen LogP contribution in [0.5, 0.6) is 5.75 Å². The number of nitrogens with zero attached hydrogens (tertiary/aromatic N) is 2. The molecule has 1 aromatic carbocycles. The quantitative estimate of drug-likeness (QED) is 0.820. The van der Waals surface area contributed by atoms with Crippen LogP contribution in [0, 0.1) is 0 Å². The predicted molar refractivity (Wildman–Crippen MR) is 60.4 cm³/mol. The number of aromatic nitrogens is 1. The molecule has 1 unspecified atom stereocenters. The van der Waals surface area contributed by atoms with Crippen molar-refractivity contribution >= 4 is 22.9 Å². The molecule has 1 aliphatic rings. The Balaban J connectivity index is 2.02. The number of phenols is 1. The first-order valence-electron chi connectivity index (χ1n) is 5.36. The van der Waals surface area contributed by atoms with E-state index in [4.69, 9.17) is 14.4 Å². The fourth-order valence-corrected chi connectivity index (χ4v) is 1.90. The van der Waals surface area contributed by atoms with E-state index in [0.29, 0.717) is 16.8 Å². The zero-order chi connectivity index (χ0) is 12.7. The molecule has 3 rings (SSSR count). The monoisotopic (exact) mass is 250 g/mol. The average Bonchev–Trinajstić information content (AvgIpc) is 2.91. The van der Waals surface area contributed by atoms with E-state index < -0.39 is 12.2 Å². The van der Waals surface area contributed by atoms with Crippen LogP contribution < -0.4 is 4.90 Å². The van der Waals surface area contributed by atoms with Crippen molar-refractivity contribution in [2.24, 2.45) is 0 Å². The van der Waals surface area contributed by atoms with Gasteiger partial charge in [0.05, 0.1) is 18.5 Å². The third-order valence-electron chi connectivity index (χ3n) is 2.77. The molecule has 18 heavy (non-hydrogen) atoms. The van der Waals surface area contributed by atoms with Crippen molar-refractivity contribution in [1.82, 2.24) is 5.16 Å². The number of amides is 1. The summed E-state index contributed by atoms with van der Waals surface area (Å²) in [6.45, 7) is -0.0172. The first-order valence-corrected chi connectivity index (χ1v) is 5.36. The predicted octanol–water partition coefficient (Wildman–Crippen LogP) is 0.851. The summed E-state index contributed by atoms with van der Waals surface area (Å²) in [6, 6.07) is 4.50. The molecule has 0 aliphatic carbocycles.